The zero-order valence-electron chi connectivity index (χ0n) is 14.2. The smallest absolute Gasteiger partial charge is 0.251 e. The molecule has 0 radical (unpaired) electrons. The minimum atomic E-state index is -0.0889. The highest BCUT2D eigenvalue weighted by molar-refractivity contribution is 5.94. The van der Waals surface area contributed by atoms with Gasteiger partial charge in [0.1, 0.15) is 0 Å². The summed E-state index contributed by atoms with van der Waals surface area (Å²) in [4.78, 5) is 12.2. The van der Waals surface area contributed by atoms with Gasteiger partial charge in [0.15, 0.2) is 11.5 Å². The van der Waals surface area contributed by atoms with Gasteiger partial charge in [0.25, 0.3) is 5.91 Å². The zero-order valence-corrected chi connectivity index (χ0v) is 14.2. The lowest BCUT2D eigenvalue weighted by Crippen LogP contribution is -2.32. The predicted molar refractivity (Wildman–Crippen MR) is 91.4 cm³/mol. The first-order chi connectivity index (χ1) is 11.2. The minimum Gasteiger partial charge on any atom is -0.493 e. The third-order valence-electron chi connectivity index (χ3n) is 4.04. The van der Waals surface area contributed by atoms with Gasteiger partial charge in [0.2, 0.25) is 0 Å². The van der Waals surface area contributed by atoms with E-state index < -0.39 is 0 Å². The number of hydrogen-bond acceptors (Lipinski definition) is 4. The Morgan fingerprint density at radius 1 is 1.17 bits per heavy atom. The second kappa shape index (κ2) is 9.40. The van der Waals surface area contributed by atoms with Gasteiger partial charge in [0.05, 0.1) is 13.2 Å². The number of methoxy groups -OCH3 is 1. The van der Waals surface area contributed by atoms with Gasteiger partial charge in [-0.25, -0.2) is 0 Å². The van der Waals surface area contributed by atoms with Gasteiger partial charge >= 0.3 is 0 Å². The summed E-state index contributed by atoms with van der Waals surface area (Å²) in [6, 6.07) is 5.38. The summed E-state index contributed by atoms with van der Waals surface area (Å²) in [6.07, 6.45) is 5.99. The summed E-state index contributed by atoms with van der Waals surface area (Å²) in [5.41, 5.74) is 0.594. The lowest BCUT2D eigenvalue weighted by molar-refractivity contribution is 0.0953. The molecule has 2 N–H and O–H groups in total. The SMILES string of the molecule is CCCNCCNC(=O)c1ccc(OC2CCCC2)c(OC)c1. The second-order valence-electron chi connectivity index (χ2n) is 5.90. The molecular formula is C18H28N2O3. The van der Waals surface area contributed by atoms with Crippen molar-refractivity contribution in [3.8, 4) is 11.5 Å². The maximum atomic E-state index is 12.2. The third kappa shape index (κ3) is 5.43. The van der Waals surface area contributed by atoms with Crippen molar-refractivity contribution in [2.45, 2.75) is 45.1 Å². The summed E-state index contributed by atoms with van der Waals surface area (Å²) in [7, 11) is 1.60. The minimum absolute atomic E-state index is 0.0889. The first-order valence-electron chi connectivity index (χ1n) is 8.58. The maximum Gasteiger partial charge on any atom is 0.251 e. The fourth-order valence-electron chi connectivity index (χ4n) is 2.76. The first kappa shape index (κ1) is 17.6. The van der Waals surface area contributed by atoms with Crippen LogP contribution in [0.3, 0.4) is 0 Å². The van der Waals surface area contributed by atoms with Crippen molar-refractivity contribution in [3.05, 3.63) is 23.8 Å². The van der Waals surface area contributed by atoms with Crippen LogP contribution in [0.25, 0.3) is 0 Å². The standard InChI is InChI=1S/C18H28N2O3/c1-3-10-19-11-12-20-18(21)14-8-9-16(17(13-14)22-2)23-15-6-4-5-7-15/h8-9,13,15,19H,3-7,10-12H2,1-2H3,(H,20,21). The molecule has 5 heteroatoms. The third-order valence-corrected chi connectivity index (χ3v) is 4.04. The van der Waals surface area contributed by atoms with Crippen LogP contribution in [0.15, 0.2) is 18.2 Å². The molecule has 0 unspecified atom stereocenters. The van der Waals surface area contributed by atoms with E-state index in [0.717, 1.165) is 38.1 Å². The summed E-state index contributed by atoms with van der Waals surface area (Å²) in [6.45, 7) is 4.48. The van der Waals surface area contributed by atoms with Gasteiger partial charge in [-0.1, -0.05) is 6.92 Å². The molecular weight excluding hydrogens is 292 g/mol. The molecule has 0 aliphatic heterocycles. The Morgan fingerprint density at radius 3 is 2.65 bits per heavy atom. The average Bonchev–Trinajstić information content (AvgIpc) is 3.08. The number of benzene rings is 1. The van der Waals surface area contributed by atoms with Crippen LogP contribution in [0.1, 0.15) is 49.4 Å². The summed E-state index contributed by atoms with van der Waals surface area (Å²) in [5.74, 6) is 1.25. The fraction of sp³-hybridized carbons (Fsp3) is 0.611. The van der Waals surface area contributed by atoms with Crippen molar-refractivity contribution in [3.63, 3.8) is 0 Å². The number of nitrogens with one attached hydrogen (secondary N) is 2. The number of ether oxygens (including phenoxy) is 2. The maximum absolute atomic E-state index is 12.2. The van der Waals surface area contributed by atoms with Gasteiger partial charge < -0.3 is 20.1 Å². The van der Waals surface area contributed by atoms with E-state index >= 15 is 0 Å². The van der Waals surface area contributed by atoms with Crippen LogP contribution >= 0.6 is 0 Å². The van der Waals surface area contributed by atoms with Gasteiger partial charge in [-0.15, -0.1) is 0 Å². The van der Waals surface area contributed by atoms with Gasteiger partial charge in [-0.2, -0.15) is 0 Å². The van der Waals surface area contributed by atoms with Crippen molar-refractivity contribution in [2.24, 2.45) is 0 Å². The van der Waals surface area contributed by atoms with E-state index in [4.69, 9.17) is 9.47 Å². The second-order valence-corrected chi connectivity index (χ2v) is 5.90. The van der Waals surface area contributed by atoms with Crippen LogP contribution in [0.2, 0.25) is 0 Å². The monoisotopic (exact) mass is 320 g/mol. The number of hydrogen-bond donors (Lipinski definition) is 2. The molecule has 1 aliphatic rings. The molecule has 1 aliphatic carbocycles. The van der Waals surface area contributed by atoms with Crippen molar-refractivity contribution < 1.29 is 14.3 Å². The first-order valence-corrected chi connectivity index (χ1v) is 8.58. The van der Waals surface area contributed by atoms with Gasteiger partial charge in [-0.05, 0) is 56.8 Å². The molecule has 1 fully saturated rings. The average molecular weight is 320 g/mol. The van der Waals surface area contributed by atoms with E-state index in [9.17, 15) is 4.79 Å². The van der Waals surface area contributed by atoms with Crippen LogP contribution in [-0.2, 0) is 0 Å². The highest BCUT2D eigenvalue weighted by Gasteiger charge is 2.19. The topological polar surface area (TPSA) is 59.6 Å². The van der Waals surface area contributed by atoms with E-state index in [1.807, 2.05) is 6.07 Å². The van der Waals surface area contributed by atoms with Gasteiger partial charge in [-0.3, -0.25) is 4.79 Å². The molecule has 0 atom stereocenters. The molecule has 1 saturated carbocycles. The fourth-order valence-corrected chi connectivity index (χ4v) is 2.76. The molecule has 2 rings (SSSR count). The Hall–Kier alpha value is -1.75. The molecule has 0 heterocycles. The highest BCUT2D eigenvalue weighted by atomic mass is 16.5. The van der Waals surface area contributed by atoms with Crippen molar-refractivity contribution in [2.75, 3.05) is 26.7 Å². The van der Waals surface area contributed by atoms with Crippen LogP contribution in [0, 0.1) is 0 Å². The van der Waals surface area contributed by atoms with E-state index in [1.165, 1.54) is 12.8 Å². The Kier molecular flexibility index (Phi) is 7.20. The normalized spacial score (nSPS) is 14.7. The van der Waals surface area contributed by atoms with E-state index in [-0.39, 0.29) is 12.0 Å². The number of carbonyl (C=O) groups is 1. The molecule has 0 bridgehead atoms. The predicted octanol–water partition coefficient (Wildman–Crippen LogP) is 2.75. The zero-order chi connectivity index (χ0) is 16.5. The summed E-state index contributed by atoms with van der Waals surface area (Å²) < 4.78 is 11.4. The van der Waals surface area contributed by atoms with Crippen molar-refractivity contribution >= 4 is 5.91 Å². The molecule has 0 spiro atoms. The van der Waals surface area contributed by atoms with E-state index in [1.54, 1.807) is 19.2 Å². The summed E-state index contributed by atoms with van der Waals surface area (Å²) in [5, 5.41) is 6.16. The van der Waals surface area contributed by atoms with Crippen molar-refractivity contribution in [1.82, 2.24) is 10.6 Å². The van der Waals surface area contributed by atoms with E-state index in [2.05, 4.69) is 17.6 Å². The molecule has 0 saturated heterocycles. The summed E-state index contributed by atoms with van der Waals surface area (Å²) >= 11 is 0. The van der Waals surface area contributed by atoms with Gasteiger partial charge in [0, 0.05) is 18.7 Å². The Balaban J connectivity index is 1.90. The molecule has 1 amide bonds. The number of rotatable bonds is 9. The van der Waals surface area contributed by atoms with Crippen molar-refractivity contribution in [1.29, 1.82) is 0 Å². The Morgan fingerprint density at radius 2 is 1.96 bits per heavy atom. The number of carbonyl (C=O) groups excluding carboxylic acids is 1. The molecule has 0 aromatic heterocycles. The largest absolute Gasteiger partial charge is 0.493 e. The molecule has 1 aromatic carbocycles. The van der Waals surface area contributed by atoms with Crippen LogP contribution in [0.4, 0.5) is 0 Å². The van der Waals surface area contributed by atoms with Crippen LogP contribution in [-0.4, -0.2) is 38.8 Å². The number of amides is 1. The lowest BCUT2D eigenvalue weighted by Gasteiger charge is -2.16. The molecule has 5 nitrogen and oxygen atoms in total. The highest BCUT2D eigenvalue weighted by Crippen LogP contribution is 2.32. The Bertz CT molecular complexity index is 499. The Labute approximate surface area is 138 Å². The lowest BCUT2D eigenvalue weighted by atomic mass is 10.2. The van der Waals surface area contributed by atoms with E-state index in [0.29, 0.717) is 17.9 Å². The molecule has 128 valence electrons. The molecule has 1 aromatic rings. The molecule has 23 heavy (non-hydrogen) atoms. The van der Waals surface area contributed by atoms with Crippen LogP contribution < -0.4 is 20.1 Å². The quantitative estimate of drug-likeness (QED) is 0.687. The van der Waals surface area contributed by atoms with Crippen LogP contribution in [0.5, 0.6) is 11.5 Å².